The van der Waals surface area contributed by atoms with Gasteiger partial charge in [0.1, 0.15) is 0 Å². The number of carboxylic acid groups (broad SMARTS) is 1. The fourth-order valence-electron chi connectivity index (χ4n) is 1.31. The lowest BCUT2D eigenvalue weighted by atomic mass is 10.2. The molecule has 0 bridgehead atoms. The second-order valence-corrected chi connectivity index (χ2v) is 3.00. The Kier molecular flexibility index (Phi) is 1.85. The van der Waals surface area contributed by atoms with Crippen LogP contribution in [-0.4, -0.2) is 20.8 Å². The Morgan fingerprint density at radius 1 is 1.64 bits per heavy atom. The van der Waals surface area contributed by atoms with E-state index in [0.29, 0.717) is 5.69 Å². The predicted octanol–water partition coefficient (Wildman–Crippen LogP) is 1.73. The molecule has 2 aromatic rings. The number of nitrogens with zero attached hydrogens (tertiary/aromatic N) is 2. The molecule has 0 saturated carbocycles. The van der Waals surface area contributed by atoms with Gasteiger partial charge in [-0.3, -0.25) is 5.32 Å². The molecule has 0 radical (unpaired) electrons. The van der Waals surface area contributed by atoms with Crippen molar-refractivity contribution >= 4 is 17.3 Å². The molecule has 0 aliphatic heterocycles. The number of rotatable bonds is 1. The zero-order valence-electron chi connectivity index (χ0n) is 7.56. The van der Waals surface area contributed by atoms with Crippen molar-refractivity contribution in [2.75, 3.05) is 5.32 Å². The highest BCUT2D eigenvalue weighted by Crippen LogP contribution is 2.16. The lowest BCUT2D eigenvalue weighted by Crippen LogP contribution is -2.09. The van der Waals surface area contributed by atoms with Gasteiger partial charge >= 0.3 is 6.09 Å². The second kappa shape index (κ2) is 3.02. The minimum Gasteiger partial charge on any atom is -0.465 e. The fourth-order valence-corrected chi connectivity index (χ4v) is 1.31. The number of aromatic nitrogens is 2. The number of anilines is 1. The summed E-state index contributed by atoms with van der Waals surface area (Å²) in [5.41, 5.74) is 2.29. The highest BCUT2D eigenvalue weighted by molar-refractivity contribution is 5.85. The third-order valence-electron chi connectivity index (χ3n) is 1.98. The van der Waals surface area contributed by atoms with Gasteiger partial charge in [-0.1, -0.05) is 0 Å². The summed E-state index contributed by atoms with van der Waals surface area (Å²) >= 11 is 0. The summed E-state index contributed by atoms with van der Waals surface area (Å²) in [4.78, 5) is 10.5. The SMILES string of the molecule is Cc1cn2nccc2cc1NC(=O)O. The Hall–Kier alpha value is -2.04. The quantitative estimate of drug-likeness (QED) is 0.721. The van der Waals surface area contributed by atoms with Crippen LogP contribution < -0.4 is 5.32 Å². The van der Waals surface area contributed by atoms with Crippen LogP contribution in [0.4, 0.5) is 10.5 Å². The molecular weight excluding hydrogens is 182 g/mol. The average Bonchev–Trinajstić information content (AvgIpc) is 2.51. The molecular formula is C9H9N3O2. The minimum atomic E-state index is -1.06. The van der Waals surface area contributed by atoms with E-state index in [-0.39, 0.29) is 0 Å². The van der Waals surface area contributed by atoms with Crippen LogP contribution in [0.5, 0.6) is 0 Å². The first-order valence-electron chi connectivity index (χ1n) is 4.11. The van der Waals surface area contributed by atoms with Gasteiger partial charge in [-0.2, -0.15) is 5.10 Å². The zero-order chi connectivity index (χ0) is 10.1. The van der Waals surface area contributed by atoms with Crippen LogP contribution in [-0.2, 0) is 0 Å². The lowest BCUT2D eigenvalue weighted by molar-refractivity contribution is 0.209. The molecule has 0 aliphatic rings. The minimum absolute atomic E-state index is 0.588. The maximum absolute atomic E-state index is 10.5. The van der Waals surface area contributed by atoms with Crippen LogP contribution in [0.15, 0.2) is 24.5 Å². The smallest absolute Gasteiger partial charge is 0.409 e. The van der Waals surface area contributed by atoms with Crippen molar-refractivity contribution in [3.63, 3.8) is 0 Å². The van der Waals surface area contributed by atoms with E-state index in [4.69, 9.17) is 5.11 Å². The second-order valence-electron chi connectivity index (χ2n) is 3.00. The molecule has 0 fully saturated rings. The summed E-state index contributed by atoms with van der Waals surface area (Å²) in [5.74, 6) is 0. The van der Waals surface area contributed by atoms with Crippen LogP contribution >= 0.6 is 0 Å². The molecule has 72 valence electrons. The summed E-state index contributed by atoms with van der Waals surface area (Å²) in [6.45, 7) is 1.83. The van der Waals surface area contributed by atoms with E-state index >= 15 is 0 Å². The number of hydrogen-bond acceptors (Lipinski definition) is 2. The van der Waals surface area contributed by atoms with Crippen molar-refractivity contribution in [3.8, 4) is 0 Å². The van der Waals surface area contributed by atoms with E-state index in [0.717, 1.165) is 11.1 Å². The molecule has 2 aromatic heterocycles. The number of amides is 1. The van der Waals surface area contributed by atoms with Gasteiger partial charge in [0.05, 0.1) is 11.2 Å². The number of hydrogen-bond donors (Lipinski definition) is 2. The van der Waals surface area contributed by atoms with Crippen LogP contribution in [0.1, 0.15) is 5.56 Å². The number of nitrogens with one attached hydrogen (secondary N) is 1. The first-order chi connectivity index (χ1) is 6.66. The van der Waals surface area contributed by atoms with Gasteiger partial charge in [-0.15, -0.1) is 0 Å². The molecule has 2 rings (SSSR count). The topological polar surface area (TPSA) is 66.6 Å². The van der Waals surface area contributed by atoms with Crippen molar-refractivity contribution in [2.24, 2.45) is 0 Å². The van der Waals surface area contributed by atoms with Gasteiger partial charge in [0.15, 0.2) is 0 Å². The van der Waals surface area contributed by atoms with Crippen molar-refractivity contribution in [1.29, 1.82) is 0 Å². The number of aryl methyl sites for hydroxylation is 1. The van der Waals surface area contributed by atoms with Gasteiger partial charge in [0, 0.05) is 12.4 Å². The Bertz CT molecular complexity index is 490. The van der Waals surface area contributed by atoms with Crippen LogP contribution in [0.2, 0.25) is 0 Å². The van der Waals surface area contributed by atoms with E-state index in [9.17, 15) is 4.79 Å². The molecule has 14 heavy (non-hydrogen) atoms. The third-order valence-corrected chi connectivity index (χ3v) is 1.98. The highest BCUT2D eigenvalue weighted by Gasteiger charge is 2.04. The van der Waals surface area contributed by atoms with Crippen molar-refractivity contribution < 1.29 is 9.90 Å². The summed E-state index contributed by atoms with van der Waals surface area (Å²) in [6.07, 6.45) is 2.39. The maximum Gasteiger partial charge on any atom is 0.409 e. The molecule has 5 nitrogen and oxygen atoms in total. The Balaban J connectivity index is 2.53. The van der Waals surface area contributed by atoms with Gasteiger partial charge in [-0.05, 0) is 24.6 Å². The monoisotopic (exact) mass is 191 g/mol. The molecule has 2 heterocycles. The number of pyridine rings is 1. The summed E-state index contributed by atoms with van der Waals surface area (Å²) in [6, 6.07) is 3.56. The fraction of sp³-hybridized carbons (Fsp3) is 0.111. The number of fused-ring (bicyclic) bond motifs is 1. The van der Waals surface area contributed by atoms with E-state index in [1.54, 1.807) is 23.0 Å². The average molecular weight is 191 g/mol. The van der Waals surface area contributed by atoms with E-state index in [2.05, 4.69) is 10.4 Å². The molecule has 1 amide bonds. The molecule has 0 aromatic carbocycles. The molecule has 5 heteroatoms. The Morgan fingerprint density at radius 2 is 2.43 bits per heavy atom. The Labute approximate surface area is 80.0 Å². The van der Waals surface area contributed by atoms with Crippen molar-refractivity contribution in [3.05, 3.63) is 30.1 Å². The molecule has 2 N–H and O–H groups in total. The van der Waals surface area contributed by atoms with Gasteiger partial charge < -0.3 is 5.11 Å². The number of carbonyl (C=O) groups is 1. The van der Waals surface area contributed by atoms with Gasteiger partial charge in [-0.25, -0.2) is 9.31 Å². The predicted molar refractivity (Wildman–Crippen MR) is 51.6 cm³/mol. The first kappa shape index (κ1) is 8.55. The van der Waals surface area contributed by atoms with E-state index in [1.165, 1.54) is 0 Å². The normalized spacial score (nSPS) is 10.4. The van der Waals surface area contributed by atoms with Crippen molar-refractivity contribution in [1.82, 2.24) is 9.61 Å². The summed E-state index contributed by atoms with van der Waals surface area (Å²) < 4.78 is 1.70. The Morgan fingerprint density at radius 3 is 3.14 bits per heavy atom. The summed E-state index contributed by atoms with van der Waals surface area (Å²) in [7, 11) is 0. The van der Waals surface area contributed by atoms with E-state index in [1.807, 2.05) is 13.0 Å². The van der Waals surface area contributed by atoms with Crippen LogP contribution in [0.25, 0.3) is 5.52 Å². The standard InChI is InChI=1S/C9H9N3O2/c1-6-5-12-7(2-3-10-12)4-8(6)11-9(13)14/h2-5,11H,1H3,(H,13,14). The summed E-state index contributed by atoms with van der Waals surface area (Å²) in [5, 5.41) is 15.0. The first-order valence-corrected chi connectivity index (χ1v) is 4.11. The largest absolute Gasteiger partial charge is 0.465 e. The molecule has 0 spiro atoms. The third kappa shape index (κ3) is 1.39. The zero-order valence-corrected chi connectivity index (χ0v) is 7.56. The van der Waals surface area contributed by atoms with E-state index < -0.39 is 6.09 Å². The van der Waals surface area contributed by atoms with Crippen LogP contribution in [0.3, 0.4) is 0 Å². The van der Waals surface area contributed by atoms with Crippen LogP contribution in [0, 0.1) is 6.92 Å². The van der Waals surface area contributed by atoms with Gasteiger partial charge in [0.25, 0.3) is 0 Å². The molecule has 0 aliphatic carbocycles. The molecule has 0 saturated heterocycles. The van der Waals surface area contributed by atoms with Crippen molar-refractivity contribution in [2.45, 2.75) is 6.92 Å². The lowest BCUT2D eigenvalue weighted by Gasteiger charge is -2.05. The molecule has 0 atom stereocenters. The molecule has 0 unspecified atom stereocenters. The highest BCUT2D eigenvalue weighted by atomic mass is 16.4. The van der Waals surface area contributed by atoms with Gasteiger partial charge in [0.2, 0.25) is 0 Å². The maximum atomic E-state index is 10.5.